The van der Waals surface area contributed by atoms with Crippen LogP contribution in [0.2, 0.25) is 0 Å². The Labute approximate surface area is 136 Å². The van der Waals surface area contributed by atoms with Gasteiger partial charge in [0.1, 0.15) is 18.5 Å². The Morgan fingerprint density at radius 3 is 2.35 bits per heavy atom. The molecule has 1 atom stereocenters. The van der Waals surface area contributed by atoms with Crippen molar-refractivity contribution in [2.75, 3.05) is 13.2 Å². The minimum atomic E-state index is -0.525. The lowest BCUT2D eigenvalue weighted by molar-refractivity contribution is 0.105. The van der Waals surface area contributed by atoms with Crippen molar-refractivity contribution in [3.63, 3.8) is 0 Å². The maximum atomic E-state index is 10.1. The Morgan fingerprint density at radius 1 is 0.957 bits per heavy atom. The van der Waals surface area contributed by atoms with Crippen molar-refractivity contribution in [1.29, 1.82) is 0 Å². The highest BCUT2D eigenvalue weighted by Crippen LogP contribution is 2.33. The van der Waals surface area contributed by atoms with Gasteiger partial charge in [0.25, 0.3) is 0 Å². The van der Waals surface area contributed by atoms with E-state index >= 15 is 0 Å². The van der Waals surface area contributed by atoms with Crippen LogP contribution in [0.3, 0.4) is 0 Å². The maximum absolute atomic E-state index is 10.1. The lowest BCUT2D eigenvalue weighted by Crippen LogP contribution is -2.35. The monoisotopic (exact) mass is 309 g/mol. The van der Waals surface area contributed by atoms with Crippen molar-refractivity contribution < 1.29 is 9.84 Å². The topological polar surface area (TPSA) is 41.5 Å². The van der Waals surface area contributed by atoms with E-state index < -0.39 is 6.10 Å². The standard InChI is InChI=1S/C20H23NO2/c1-14(2)21-12-16(22)13-23-20-11-15-7-3-4-8-17(15)18-9-5-6-10-19(18)20/h3-11,14,16,21-22H,12-13H2,1-2H3/t16-/m1/s1. The molecule has 0 aliphatic carbocycles. The highest BCUT2D eigenvalue weighted by Gasteiger charge is 2.10. The van der Waals surface area contributed by atoms with Crippen LogP contribution in [-0.4, -0.2) is 30.4 Å². The van der Waals surface area contributed by atoms with Gasteiger partial charge in [0, 0.05) is 18.0 Å². The zero-order chi connectivity index (χ0) is 16.2. The number of ether oxygens (including phenoxy) is 1. The molecular formula is C20H23NO2. The zero-order valence-electron chi connectivity index (χ0n) is 13.6. The van der Waals surface area contributed by atoms with Gasteiger partial charge in [-0.3, -0.25) is 0 Å². The molecule has 0 aromatic heterocycles. The molecule has 0 aliphatic rings. The molecule has 3 aromatic carbocycles. The van der Waals surface area contributed by atoms with Gasteiger partial charge >= 0.3 is 0 Å². The molecule has 0 aliphatic heterocycles. The highest BCUT2D eigenvalue weighted by atomic mass is 16.5. The van der Waals surface area contributed by atoms with Crippen molar-refractivity contribution >= 4 is 21.5 Å². The second kappa shape index (κ2) is 6.99. The SMILES string of the molecule is CC(C)NC[C@@H](O)COc1cc2ccccc2c2ccccc12. The third kappa shape index (κ3) is 3.63. The molecule has 120 valence electrons. The lowest BCUT2D eigenvalue weighted by Gasteiger charge is -2.17. The van der Waals surface area contributed by atoms with Gasteiger partial charge in [0.15, 0.2) is 0 Å². The molecular weight excluding hydrogens is 286 g/mol. The number of fused-ring (bicyclic) bond motifs is 3. The molecule has 0 amide bonds. The molecule has 0 heterocycles. The summed E-state index contributed by atoms with van der Waals surface area (Å²) < 4.78 is 5.93. The Hall–Kier alpha value is -2.10. The Kier molecular flexibility index (Phi) is 4.79. The van der Waals surface area contributed by atoms with E-state index in [4.69, 9.17) is 4.74 Å². The van der Waals surface area contributed by atoms with Crippen molar-refractivity contribution in [1.82, 2.24) is 5.32 Å². The van der Waals surface area contributed by atoms with E-state index in [0.717, 1.165) is 16.5 Å². The second-order valence-corrected chi connectivity index (χ2v) is 6.17. The van der Waals surface area contributed by atoms with E-state index in [1.807, 2.05) is 18.2 Å². The van der Waals surface area contributed by atoms with Gasteiger partial charge in [-0.1, -0.05) is 62.4 Å². The molecule has 3 aromatic rings. The number of nitrogens with one attached hydrogen (secondary N) is 1. The van der Waals surface area contributed by atoms with Crippen LogP contribution in [0.15, 0.2) is 54.6 Å². The van der Waals surface area contributed by atoms with Gasteiger partial charge in [0.2, 0.25) is 0 Å². The predicted molar refractivity (Wildman–Crippen MR) is 96.1 cm³/mol. The average Bonchev–Trinajstić information content (AvgIpc) is 2.58. The fourth-order valence-corrected chi connectivity index (χ4v) is 2.76. The van der Waals surface area contributed by atoms with Gasteiger partial charge in [-0.25, -0.2) is 0 Å². The van der Waals surface area contributed by atoms with E-state index in [1.165, 1.54) is 10.8 Å². The number of aliphatic hydroxyl groups excluding tert-OH is 1. The highest BCUT2D eigenvalue weighted by molar-refractivity contribution is 6.10. The summed E-state index contributed by atoms with van der Waals surface area (Å²) in [6.45, 7) is 4.93. The summed E-state index contributed by atoms with van der Waals surface area (Å²) in [6, 6.07) is 18.9. The molecule has 0 bridgehead atoms. The molecule has 0 unspecified atom stereocenters. The minimum Gasteiger partial charge on any atom is -0.490 e. The molecule has 0 spiro atoms. The Bertz CT molecular complexity index is 798. The number of hydrogen-bond acceptors (Lipinski definition) is 3. The summed E-state index contributed by atoms with van der Waals surface area (Å²) in [5, 5.41) is 17.9. The van der Waals surface area contributed by atoms with Crippen molar-refractivity contribution in [3.8, 4) is 5.75 Å². The van der Waals surface area contributed by atoms with Crippen molar-refractivity contribution in [2.45, 2.75) is 26.0 Å². The molecule has 0 fully saturated rings. The second-order valence-electron chi connectivity index (χ2n) is 6.17. The van der Waals surface area contributed by atoms with Crippen LogP contribution >= 0.6 is 0 Å². The number of aliphatic hydroxyl groups is 1. The van der Waals surface area contributed by atoms with E-state index in [-0.39, 0.29) is 6.61 Å². The molecule has 2 N–H and O–H groups in total. The van der Waals surface area contributed by atoms with Gasteiger partial charge in [-0.2, -0.15) is 0 Å². The molecule has 3 nitrogen and oxygen atoms in total. The van der Waals surface area contributed by atoms with E-state index in [0.29, 0.717) is 12.6 Å². The molecule has 3 rings (SSSR count). The average molecular weight is 309 g/mol. The first-order valence-electron chi connectivity index (χ1n) is 8.10. The number of benzene rings is 3. The van der Waals surface area contributed by atoms with Crippen LogP contribution in [0, 0.1) is 0 Å². The van der Waals surface area contributed by atoms with Crippen LogP contribution in [0.1, 0.15) is 13.8 Å². The Balaban J connectivity index is 1.87. The van der Waals surface area contributed by atoms with Gasteiger partial charge in [-0.05, 0) is 22.2 Å². The van der Waals surface area contributed by atoms with Gasteiger partial charge in [0.05, 0.1) is 0 Å². The van der Waals surface area contributed by atoms with Crippen LogP contribution in [0.5, 0.6) is 5.75 Å². The lowest BCUT2D eigenvalue weighted by atomic mass is 10.0. The number of hydrogen-bond donors (Lipinski definition) is 2. The maximum Gasteiger partial charge on any atom is 0.127 e. The van der Waals surface area contributed by atoms with E-state index in [9.17, 15) is 5.11 Å². The quantitative estimate of drug-likeness (QED) is 0.682. The van der Waals surface area contributed by atoms with Crippen molar-refractivity contribution in [2.24, 2.45) is 0 Å². The first-order chi connectivity index (χ1) is 11.1. The predicted octanol–water partition coefficient (Wildman–Crippen LogP) is 3.73. The molecule has 0 radical (unpaired) electrons. The fourth-order valence-electron chi connectivity index (χ4n) is 2.76. The van der Waals surface area contributed by atoms with Crippen molar-refractivity contribution in [3.05, 3.63) is 54.6 Å². The minimum absolute atomic E-state index is 0.280. The summed E-state index contributed by atoms with van der Waals surface area (Å²) in [4.78, 5) is 0. The molecule has 0 saturated carbocycles. The Morgan fingerprint density at radius 2 is 1.61 bits per heavy atom. The van der Waals surface area contributed by atoms with Gasteiger partial charge in [-0.15, -0.1) is 0 Å². The fraction of sp³-hybridized carbons (Fsp3) is 0.300. The van der Waals surface area contributed by atoms with E-state index in [2.05, 4.69) is 55.6 Å². The van der Waals surface area contributed by atoms with E-state index in [1.54, 1.807) is 0 Å². The smallest absolute Gasteiger partial charge is 0.127 e. The molecule has 3 heteroatoms. The molecule has 0 saturated heterocycles. The largest absolute Gasteiger partial charge is 0.490 e. The summed E-state index contributed by atoms with van der Waals surface area (Å²) in [5.74, 6) is 0.822. The van der Waals surface area contributed by atoms with Crippen LogP contribution < -0.4 is 10.1 Å². The zero-order valence-corrected chi connectivity index (χ0v) is 13.6. The first-order valence-corrected chi connectivity index (χ1v) is 8.10. The summed E-state index contributed by atoms with van der Waals surface area (Å²) in [7, 11) is 0. The normalized spacial score (nSPS) is 12.9. The summed E-state index contributed by atoms with van der Waals surface area (Å²) in [6.07, 6.45) is -0.525. The summed E-state index contributed by atoms with van der Waals surface area (Å²) in [5.41, 5.74) is 0. The van der Waals surface area contributed by atoms with Gasteiger partial charge < -0.3 is 15.2 Å². The molecule has 23 heavy (non-hydrogen) atoms. The van der Waals surface area contributed by atoms with Crippen LogP contribution in [0.25, 0.3) is 21.5 Å². The summed E-state index contributed by atoms with van der Waals surface area (Å²) >= 11 is 0. The third-order valence-corrected chi connectivity index (χ3v) is 3.92. The van der Waals surface area contributed by atoms with Crippen LogP contribution in [-0.2, 0) is 0 Å². The number of rotatable bonds is 6. The first kappa shape index (κ1) is 15.8. The third-order valence-electron chi connectivity index (χ3n) is 3.92. The van der Waals surface area contributed by atoms with Crippen LogP contribution in [0.4, 0.5) is 0 Å².